The summed E-state index contributed by atoms with van der Waals surface area (Å²) in [5.74, 6) is -3.61. The molecule has 0 bridgehead atoms. The summed E-state index contributed by atoms with van der Waals surface area (Å²) < 4.78 is 30.6. The Morgan fingerprint density at radius 1 is 1.32 bits per heavy atom. The molecule has 2 heterocycles. The molecule has 9 heteroatoms. The summed E-state index contributed by atoms with van der Waals surface area (Å²) >= 11 is 11.4. The SMILES string of the molecule is COC(=O)[C@@H]1CN(C(=O)c2cc(Cl)nc(Cl)c2)C[C@H]1C(F)F. The number of nitrogens with zero attached hydrogens (tertiary/aromatic N) is 2. The lowest BCUT2D eigenvalue weighted by Gasteiger charge is -2.16. The Labute approximate surface area is 135 Å². The fourth-order valence-electron chi connectivity index (χ4n) is 2.42. The third-order valence-corrected chi connectivity index (χ3v) is 3.88. The monoisotopic (exact) mass is 352 g/mol. The van der Waals surface area contributed by atoms with Crippen LogP contribution in [0.4, 0.5) is 8.78 Å². The fourth-order valence-corrected chi connectivity index (χ4v) is 2.88. The van der Waals surface area contributed by atoms with Gasteiger partial charge in [0.1, 0.15) is 10.3 Å². The molecule has 5 nitrogen and oxygen atoms in total. The lowest BCUT2D eigenvalue weighted by atomic mass is 9.97. The van der Waals surface area contributed by atoms with Gasteiger partial charge in [-0.25, -0.2) is 13.8 Å². The number of halogens is 4. The summed E-state index contributed by atoms with van der Waals surface area (Å²) in [6.45, 7) is -0.383. The summed E-state index contributed by atoms with van der Waals surface area (Å²) in [6.07, 6.45) is -2.73. The van der Waals surface area contributed by atoms with Crippen molar-refractivity contribution >= 4 is 35.1 Å². The molecule has 0 radical (unpaired) electrons. The largest absolute Gasteiger partial charge is 0.469 e. The molecule has 22 heavy (non-hydrogen) atoms. The summed E-state index contributed by atoms with van der Waals surface area (Å²) in [5.41, 5.74) is 0.128. The second kappa shape index (κ2) is 6.75. The summed E-state index contributed by atoms with van der Waals surface area (Å²) in [4.78, 5) is 28.8. The number of methoxy groups -OCH3 is 1. The maximum Gasteiger partial charge on any atom is 0.311 e. The molecular formula is C13H12Cl2F2N2O3. The van der Waals surface area contributed by atoms with Crippen molar-refractivity contribution in [2.24, 2.45) is 11.8 Å². The number of pyridine rings is 1. The second-order valence-corrected chi connectivity index (χ2v) is 5.61. The predicted molar refractivity (Wildman–Crippen MR) is 75.2 cm³/mol. The fraction of sp³-hybridized carbons (Fsp3) is 0.462. The number of ether oxygens (including phenoxy) is 1. The third-order valence-electron chi connectivity index (χ3n) is 3.49. The first kappa shape index (κ1) is 16.9. The van der Waals surface area contributed by atoms with Gasteiger partial charge in [0.15, 0.2) is 0 Å². The Kier molecular flexibility index (Phi) is 5.18. The highest BCUT2D eigenvalue weighted by molar-refractivity contribution is 6.33. The summed E-state index contributed by atoms with van der Waals surface area (Å²) in [5, 5.41) is 0.0370. The number of carbonyl (C=O) groups excluding carboxylic acids is 2. The number of carbonyl (C=O) groups is 2. The lowest BCUT2D eigenvalue weighted by Crippen LogP contribution is -2.30. The number of alkyl halides is 2. The molecule has 1 aliphatic heterocycles. The number of likely N-dealkylation sites (tertiary alicyclic amines) is 1. The van der Waals surface area contributed by atoms with Gasteiger partial charge in [0.05, 0.1) is 18.9 Å². The first-order chi connectivity index (χ1) is 10.3. The Hall–Kier alpha value is -1.47. The molecule has 1 aromatic rings. The molecule has 0 saturated carbocycles. The smallest absolute Gasteiger partial charge is 0.311 e. The van der Waals surface area contributed by atoms with E-state index < -0.39 is 30.1 Å². The number of aromatic nitrogens is 1. The minimum absolute atomic E-state index is 0.0185. The van der Waals surface area contributed by atoms with E-state index in [-0.39, 0.29) is 29.0 Å². The molecule has 2 atom stereocenters. The van der Waals surface area contributed by atoms with Crippen LogP contribution in [-0.4, -0.2) is 48.4 Å². The van der Waals surface area contributed by atoms with Crippen LogP contribution in [0, 0.1) is 11.8 Å². The normalized spacial score (nSPS) is 21.3. The molecule has 0 aliphatic carbocycles. The molecule has 120 valence electrons. The van der Waals surface area contributed by atoms with Gasteiger partial charge in [-0.05, 0) is 12.1 Å². The zero-order valence-electron chi connectivity index (χ0n) is 11.4. The lowest BCUT2D eigenvalue weighted by molar-refractivity contribution is -0.148. The van der Waals surface area contributed by atoms with Crippen LogP contribution in [0.15, 0.2) is 12.1 Å². The maximum absolute atomic E-state index is 13.1. The Balaban J connectivity index is 2.22. The Morgan fingerprint density at radius 3 is 2.41 bits per heavy atom. The standard InChI is InChI=1S/C13H12Cl2F2N2O3/c1-22-13(21)8-5-19(4-7(8)11(16)17)12(20)6-2-9(14)18-10(15)3-6/h2-3,7-8,11H,4-5H2,1H3/t7-,8-/m1/s1. The summed E-state index contributed by atoms with van der Waals surface area (Å²) in [6, 6.07) is 2.58. The van der Waals surface area contributed by atoms with Crippen molar-refractivity contribution in [2.45, 2.75) is 6.43 Å². The van der Waals surface area contributed by atoms with E-state index in [4.69, 9.17) is 23.2 Å². The molecule has 0 N–H and O–H groups in total. The number of esters is 1. The zero-order valence-corrected chi connectivity index (χ0v) is 12.9. The highest BCUT2D eigenvalue weighted by Crippen LogP contribution is 2.31. The first-order valence-corrected chi connectivity index (χ1v) is 7.07. The van der Waals surface area contributed by atoms with Gasteiger partial charge >= 0.3 is 5.97 Å². The zero-order chi connectivity index (χ0) is 16.4. The van der Waals surface area contributed by atoms with E-state index in [1.165, 1.54) is 17.0 Å². The van der Waals surface area contributed by atoms with Gasteiger partial charge in [-0.3, -0.25) is 9.59 Å². The van der Waals surface area contributed by atoms with Crippen LogP contribution in [0.3, 0.4) is 0 Å². The molecule has 1 aliphatic rings. The van der Waals surface area contributed by atoms with Gasteiger partial charge in [-0.15, -0.1) is 0 Å². The molecule has 1 fully saturated rings. The molecule has 0 spiro atoms. The minimum Gasteiger partial charge on any atom is -0.469 e. The van der Waals surface area contributed by atoms with E-state index in [2.05, 4.69) is 9.72 Å². The molecule has 0 unspecified atom stereocenters. The maximum atomic E-state index is 13.1. The first-order valence-electron chi connectivity index (χ1n) is 6.31. The highest BCUT2D eigenvalue weighted by atomic mass is 35.5. The molecule has 1 amide bonds. The van der Waals surface area contributed by atoms with Gasteiger partial charge in [0.2, 0.25) is 6.43 Å². The average Bonchev–Trinajstić information content (AvgIpc) is 2.89. The molecule has 2 rings (SSSR count). The van der Waals surface area contributed by atoms with Gasteiger partial charge < -0.3 is 9.64 Å². The van der Waals surface area contributed by atoms with Crippen molar-refractivity contribution in [3.05, 3.63) is 28.0 Å². The summed E-state index contributed by atoms with van der Waals surface area (Å²) in [7, 11) is 1.12. The van der Waals surface area contributed by atoms with Crippen LogP contribution in [0.5, 0.6) is 0 Å². The third kappa shape index (κ3) is 3.47. The van der Waals surface area contributed by atoms with Crippen LogP contribution in [-0.2, 0) is 9.53 Å². The average molecular weight is 353 g/mol. The quantitative estimate of drug-likeness (QED) is 0.619. The molecular weight excluding hydrogens is 341 g/mol. The molecule has 1 saturated heterocycles. The predicted octanol–water partition coefficient (Wildman–Crippen LogP) is 2.51. The van der Waals surface area contributed by atoms with Gasteiger partial charge in [0, 0.05) is 18.7 Å². The van der Waals surface area contributed by atoms with Gasteiger partial charge in [-0.2, -0.15) is 0 Å². The van der Waals surface area contributed by atoms with E-state index in [1.54, 1.807) is 0 Å². The van der Waals surface area contributed by atoms with E-state index >= 15 is 0 Å². The van der Waals surface area contributed by atoms with Crippen molar-refractivity contribution in [1.29, 1.82) is 0 Å². The van der Waals surface area contributed by atoms with E-state index in [1.807, 2.05) is 0 Å². The van der Waals surface area contributed by atoms with Crippen molar-refractivity contribution in [3.63, 3.8) is 0 Å². The Bertz CT molecular complexity index is 580. The van der Waals surface area contributed by atoms with Crippen LogP contribution in [0.1, 0.15) is 10.4 Å². The highest BCUT2D eigenvalue weighted by Gasteiger charge is 2.45. The van der Waals surface area contributed by atoms with Crippen LogP contribution in [0.2, 0.25) is 10.3 Å². The van der Waals surface area contributed by atoms with Crippen LogP contribution < -0.4 is 0 Å². The van der Waals surface area contributed by atoms with Gasteiger partial charge in [0.25, 0.3) is 5.91 Å². The number of hydrogen-bond donors (Lipinski definition) is 0. The van der Waals surface area contributed by atoms with E-state index in [0.717, 1.165) is 7.11 Å². The number of rotatable bonds is 3. The number of amides is 1. The van der Waals surface area contributed by atoms with E-state index in [9.17, 15) is 18.4 Å². The van der Waals surface area contributed by atoms with Crippen molar-refractivity contribution in [3.8, 4) is 0 Å². The second-order valence-electron chi connectivity index (χ2n) is 4.84. The van der Waals surface area contributed by atoms with Crippen molar-refractivity contribution in [2.75, 3.05) is 20.2 Å². The number of hydrogen-bond acceptors (Lipinski definition) is 4. The Morgan fingerprint density at radius 2 is 1.91 bits per heavy atom. The van der Waals surface area contributed by atoms with Gasteiger partial charge in [-0.1, -0.05) is 23.2 Å². The molecule has 1 aromatic heterocycles. The van der Waals surface area contributed by atoms with Crippen molar-refractivity contribution < 1.29 is 23.1 Å². The van der Waals surface area contributed by atoms with E-state index in [0.29, 0.717) is 0 Å². The molecule has 0 aromatic carbocycles. The topological polar surface area (TPSA) is 59.5 Å². The van der Waals surface area contributed by atoms with Crippen LogP contribution in [0.25, 0.3) is 0 Å². The minimum atomic E-state index is -2.73. The van der Waals surface area contributed by atoms with Crippen molar-refractivity contribution in [1.82, 2.24) is 9.88 Å². The van der Waals surface area contributed by atoms with Crippen LogP contribution >= 0.6 is 23.2 Å².